The predicted molar refractivity (Wildman–Crippen MR) is 130 cm³/mol. The van der Waals surface area contributed by atoms with Crippen molar-refractivity contribution in [1.29, 1.82) is 0 Å². The van der Waals surface area contributed by atoms with Crippen LogP contribution in [0.3, 0.4) is 0 Å². The van der Waals surface area contributed by atoms with Crippen molar-refractivity contribution in [1.82, 2.24) is 10.2 Å². The summed E-state index contributed by atoms with van der Waals surface area (Å²) in [6.07, 6.45) is 2.42. The van der Waals surface area contributed by atoms with Crippen LogP contribution < -0.4 is 14.9 Å². The van der Waals surface area contributed by atoms with Gasteiger partial charge in [0.15, 0.2) is 0 Å². The standard InChI is InChI=1S/C24H30N4O5S/c1-4-14-24(15-5-2)22(30)28(23(31)26-24)17-21(29)25-18-10-9-13-20(16-18)34(32,33)27(3)19-11-7-6-8-12-19/h6-13,16H,4-5,14-15,17H2,1-3H3,(H,25,29)(H,26,31). The number of amides is 4. The molecule has 10 heteroatoms. The first kappa shape index (κ1) is 25.2. The summed E-state index contributed by atoms with van der Waals surface area (Å²) in [7, 11) is -2.41. The van der Waals surface area contributed by atoms with E-state index >= 15 is 0 Å². The molecule has 1 aliphatic heterocycles. The van der Waals surface area contributed by atoms with Gasteiger partial charge in [-0.05, 0) is 43.2 Å². The zero-order valence-electron chi connectivity index (χ0n) is 19.6. The van der Waals surface area contributed by atoms with Crippen molar-refractivity contribution < 1.29 is 22.8 Å². The molecule has 2 N–H and O–H groups in total. The van der Waals surface area contributed by atoms with Crippen LogP contribution in [0.5, 0.6) is 0 Å². The number of nitrogens with one attached hydrogen (secondary N) is 2. The average Bonchev–Trinajstić information content (AvgIpc) is 3.03. The fraction of sp³-hybridized carbons (Fsp3) is 0.375. The number of hydrogen-bond acceptors (Lipinski definition) is 5. The summed E-state index contributed by atoms with van der Waals surface area (Å²) >= 11 is 0. The van der Waals surface area contributed by atoms with Crippen molar-refractivity contribution in [3.63, 3.8) is 0 Å². The first-order chi connectivity index (χ1) is 16.1. The number of para-hydroxylation sites is 1. The predicted octanol–water partition coefficient (Wildman–Crippen LogP) is 3.34. The number of rotatable bonds is 10. The quantitative estimate of drug-likeness (QED) is 0.500. The molecule has 0 aromatic heterocycles. The molecule has 34 heavy (non-hydrogen) atoms. The van der Waals surface area contributed by atoms with Gasteiger partial charge in [0.25, 0.3) is 15.9 Å². The van der Waals surface area contributed by atoms with E-state index in [4.69, 9.17) is 0 Å². The fourth-order valence-corrected chi connectivity index (χ4v) is 5.39. The molecule has 182 valence electrons. The molecule has 2 aromatic carbocycles. The van der Waals surface area contributed by atoms with Gasteiger partial charge in [0.2, 0.25) is 5.91 Å². The molecule has 0 atom stereocenters. The molecule has 0 bridgehead atoms. The number of carbonyl (C=O) groups is 3. The van der Waals surface area contributed by atoms with E-state index < -0.39 is 40.0 Å². The highest BCUT2D eigenvalue weighted by Crippen LogP contribution is 2.28. The largest absolute Gasteiger partial charge is 0.325 e. The lowest BCUT2D eigenvalue weighted by atomic mass is 9.88. The number of hydrogen-bond donors (Lipinski definition) is 2. The molecule has 0 spiro atoms. The zero-order chi connectivity index (χ0) is 24.9. The lowest BCUT2D eigenvalue weighted by molar-refractivity contribution is -0.134. The molecular weight excluding hydrogens is 456 g/mol. The summed E-state index contributed by atoms with van der Waals surface area (Å²) in [4.78, 5) is 39.0. The zero-order valence-corrected chi connectivity index (χ0v) is 20.4. The maximum Gasteiger partial charge on any atom is 0.325 e. The molecule has 0 saturated carbocycles. The van der Waals surface area contributed by atoms with E-state index in [1.54, 1.807) is 36.4 Å². The Morgan fingerprint density at radius 3 is 2.29 bits per heavy atom. The van der Waals surface area contributed by atoms with Gasteiger partial charge in [0.1, 0.15) is 12.1 Å². The maximum absolute atomic E-state index is 13.0. The molecule has 1 aliphatic rings. The second-order valence-electron chi connectivity index (χ2n) is 8.29. The Morgan fingerprint density at radius 1 is 1.03 bits per heavy atom. The highest BCUT2D eigenvalue weighted by Gasteiger charge is 2.50. The van der Waals surface area contributed by atoms with Crippen LogP contribution in [0.4, 0.5) is 16.2 Å². The molecule has 0 aliphatic carbocycles. The summed E-state index contributed by atoms with van der Waals surface area (Å²) in [5.74, 6) is -1.00. The highest BCUT2D eigenvalue weighted by atomic mass is 32.2. The van der Waals surface area contributed by atoms with Gasteiger partial charge < -0.3 is 10.6 Å². The minimum absolute atomic E-state index is 0.00319. The van der Waals surface area contributed by atoms with E-state index in [0.29, 0.717) is 31.4 Å². The van der Waals surface area contributed by atoms with E-state index in [-0.39, 0.29) is 10.6 Å². The lowest BCUT2D eigenvalue weighted by Gasteiger charge is -2.25. The van der Waals surface area contributed by atoms with Crippen molar-refractivity contribution in [3.8, 4) is 0 Å². The second-order valence-corrected chi connectivity index (χ2v) is 10.3. The van der Waals surface area contributed by atoms with Gasteiger partial charge in [-0.1, -0.05) is 51.0 Å². The average molecular weight is 487 g/mol. The Bertz CT molecular complexity index is 1160. The van der Waals surface area contributed by atoms with Crippen molar-refractivity contribution in [2.24, 2.45) is 0 Å². The molecule has 4 amide bonds. The van der Waals surface area contributed by atoms with Crippen LogP contribution in [0.2, 0.25) is 0 Å². The SMILES string of the molecule is CCCC1(CCC)NC(=O)N(CC(=O)Nc2cccc(S(=O)(=O)N(C)c3ccccc3)c2)C1=O. The van der Waals surface area contributed by atoms with Gasteiger partial charge in [-0.15, -0.1) is 0 Å². The normalized spacial score (nSPS) is 15.2. The van der Waals surface area contributed by atoms with Crippen molar-refractivity contribution in [2.75, 3.05) is 23.2 Å². The topological polar surface area (TPSA) is 116 Å². The van der Waals surface area contributed by atoms with Crippen molar-refractivity contribution in [2.45, 2.75) is 50.0 Å². The third-order valence-electron chi connectivity index (χ3n) is 5.80. The number of sulfonamides is 1. The van der Waals surface area contributed by atoms with Crippen LogP contribution in [-0.4, -0.2) is 50.3 Å². The van der Waals surface area contributed by atoms with Crippen LogP contribution >= 0.6 is 0 Å². The molecule has 0 unspecified atom stereocenters. The first-order valence-corrected chi connectivity index (χ1v) is 12.7. The van der Waals surface area contributed by atoms with Gasteiger partial charge >= 0.3 is 6.03 Å². The third kappa shape index (κ3) is 5.06. The van der Waals surface area contributed by atoms with Gasteiger partial charge in [-0.25, -0.2) is 13.2 Å². The number of carbonyl (C=O) groups excluding carboxylic acids is 3. The van der Waals surface area contributed by atoms with Gasteiger partial charge in [-0.2, -0.15) is 0 Å². The summed E-state index contributed by atoms with van der Waals surface area (Å²) in [5.41, 5.74) is -0.234. The summed E-state index contributed by atoms with van der Waals surface area (Å²) < 4.78 is 27.2. The summed E-state index contributed by atoms with van der Waals surface area (Å²) in [5, 5.41) is 5.36. The molecular formula is C24H30N4O5S. The Hall–Kier alpha value is -3.40. The Balaban J connectivity index is 1.73. The third-order valence-corrected chi connectivity index (χ3v) is 7.58. The number of urea groups is 1. The molecule has 1 heterocycles. The van der Waals surface area contributed by atoms with E-state index in [0.717, 1.165) is 9.21 Å². The molecule has 1 fully saturated rings. The van der Waals surface area contributed by atoms with Crippen molar-refractivity contribution >= 4 is 39.2 Å². The van der Waals surface area contributed by atoms with E-state index in [1.165, 1.54) is 25.2 Å². The number of nitrogens with zero attached hydrogens (tertiary/aromatic N) is 2. The summed E-state index contributed by atoms with van der Waals surface area (Å²) in [6, 6.07) is 13.9. The molecule has 1 saturated heterocycles. The molecule has 3 rings (SSSR count). The summed E-state index contributed by atoms with van der Waals surface area (Å²) in [6.45, 7) is 3.41. The van der Waals surface area contributed by atoms with Crippen LogP contribution in [0.15, 0.2) is 59.5 Å². The van der Waals surface area contributed by atoms with E-state index in [2.05, 4.69) is 10.6 Å². The van der Waals surface area contributed by atoms with Crippen LogP contribution in [0.1, 0.15) is 39.5 Å². The smallest absolute Gasteiger partial charge is 0.324 e. The van der Waals surface area contributed by atoms with E-state index in [9.17, 15) is 22.8 Å². The maximum atomic E-state index is 13.0. The lowest BCUT2D eigenvalue weighted by Crippen LogP contribution is -2.47. The van der Waals surface area contributed by atoms with Gasteiger partial charge in [0, 0.05) is 12.7 Å². The minimum Gasteiger partial charge on any atom is -0.324 e. The minimum atomic E-state index is -3.86. The Kier molecular flexibility index (Phi) is 7.61. The molecule has 0 radical (unpaired) electrons. The number of anilines is 2. The number of imide groups is 1. The van der Waals surface area contributed by atoms with Gasteiger partial charge in [-0.3, -0.25) is 18.8 Å². The van der Waals surface area contributed by atoms with E-state index in [1.807, 2.05) is 13.8 Å². The monoisotopic (exact) mass is 486 g/mol. The first-order valence-electron chi connectivity index (χ1n) is 11.2. The highest BCUT2D eigenvalue weighted by molar-refractivity contribution is 7.92. The Labute approximate surface area is 200 Å². The fourth-order valence-electron chi connectivity index (χ4n) is 4.15. The number of benzene rings is 2. The molecule has 9 nitrogen and oxygen atoms in total. The molecule has 2 aromatic rings. The van der Waals surface area contributed by atoms with Crippen LogP contribution in [0, 0.1) is 0 Å². The van der Waals surface area contributed by atoms with Crippen molar-refractivity contribution in [3.05, 3.63) is 54.6 Å². The van der Waals surface area contributed by atoms with Crippen LogP contribution in [0.25, 0.3) is 0 Å². The van der Waals surface area contributed by atoms with Crippen LogP contribution in [-0.2, 0) is 19.6 Å². The Morgan fingerprint density at radius 2 is 1.68 bits per heavy atom. The van der Waals surface area contributed by atoms with Gasteiger partial charge in [0.05, 0.1) is 10.6 Å². The second kappa shape index (κ2) is 10.3.